The lowest BCUT2D eigenvalue weighted by Gasteiger charge is -2.26. The second-order valence-corrected chi connectivity index (χ2v) is 7.14. The average Bonchev–Trinajstić information content (AvgIpc) is 3.22. The summed E-state index contributed by atoms with van der Waals surface area (Å²) in [6, 6.07) is 1.74. The monoisotopic (exact) mass is 328 g/mol. The molecular formula is C17H24N6O. The zero-order valence-electron chi connectivity index (χ0n) is 14.0. The van der Waals surface area contributed by atoms with Crippen LogP contribution in [0.5, 0.6) is 0 Å². The van der Waals surface area contributed by atoms with Crippen molar-refractivity contribution in [3.8, 4) is 0 Å². The summed E-state index contributed by atoms with van der Waals surface area (Å²) in [6.45, 7) is 2.03. The zero-order chi connectivity index (χ0) is 16.7. The van der Waals surface area contributed by atoms with Gasteiger partial charge in [0.25, 0.3) is 5.91 Å². The average molecular weight is 328 g/mol. The van der Waals surface area contributed by atoms with Crippen LogP contribution >= 0.6 is 0 Å². The van der Waals surface area contributed by atoms with Gasteiger partial charge in [0, 0.05) is 51.0 Å². The van der Waals surface area contributed by atoms with E-state index in [1.54, 1.807) is 12.5 Å². The van der Waals surface area contributed by atoms with Crippen molar-refractivity contribution < 1.29 is 4.79 Å². The number of rotatable bonds is 4. The van der Waals surface area contributed by atoms with E-state index in [2.05, 4.69) is 10.1 Å². The first-order valence-corrected chi connectivity index (χ1v) is 8.66. The van der Waals surface area contributed by atoms with Crippen LogP contribution < -0.4 is 5.73 Å². The molecule has 2 N–H and O–H groups in total. The minimum atomic E-state index is -0.0770. The first-order valence-electron chi connectivity index (χ1n) is 8.66. The molecule has 7 heteroatoms. The highest BCUT2D eigenvalue weighted by Gasteiger charge is 2.36. The van der Waals surface area contributed by atoms with Crippen LogP contribution in [-0.4, -0.2) is 49.3 Å². The number of hydrogen-bond acceptors (Lipinski definition) is 4. The predicted octanol–water partition coefficient (Wildman–Crippen LogP) is 0.984. The lowest BCUT2D eigenvalue weighted by molar-refractivity contribution is 0.0773. The molecule has 4 rings (SSSR count). The van der Waals surface area contributed by atoms with E-state index in [0.717, 1.165) is 12.2 Å². The molecule has 2 aromatic rings. The summed E-state index contributed by atoms with van der Waals surface area (Å²) in [7, 11) is 1.94. The third kappa shape index (κ3) is 2.73. The normalized spacial score (nSPS) is 24.3. The molecule has 128 valence electrons. The smallest absolute Gasteiger partial charge is 0.272 e. The van der Waals surface area contributed by atoms with E-state index in [4.69, 9.17) is 5.73 Å². The zero-order valence-corrected chi connectivity index (χ0v) is 14.0. The second-order valence-electron chi connectivity index (χ2n) is 7.14. The Kier molecular flexibility index (Phi) is 3.88. The number of aromatic nitrogens is 4. The quantitative estimate of drug-likeness (QED) is 0.907. The highest BCUT2D eigenvalue weighted by atomic mass is 16.2. The third-order valence-electron chi connectivity index (χ3n) is 5.35. The van der Waals surface area contributed by atoms with Crippen molar-refractivity contribution in [3.63, 3.8) is 0 Å². The number of amides is 1. The largest absolute Gasteiger partial charge is 0.340 e. The van der Waals surface area contributed by atoms with Crippen molar-refractivity contribution in [1.29, 1.82) is 0 Å². The number of carbonyl (C=O) groups is 1. The minimum Gasteiger partial charge on any atom is -0.340 e. The lowest BCUT2D eigenvalue weighted by Crippen LogP contribution is -2.34. The molecule has 7 nitrogen and oxygen atoms in total. The van der Waals surface area contributed by atoms with Gasteiger partial charge in [-0.2, -0.15) is 5.10 Å². The van der Waals surface area contributed by atoms with Gasteiger partial charge in [-0.05, 0) is 24.8 Å². The fourth-order valence-corrected chi connectivity index (χ4v) is 3.67. The van der Waals surface area contributed by atoms with Crippen molar-refractivity contribution in [2.75, 3.05) is 13.1 Å². The van der Waals surface area contributed by atoms with Gasteiger partial charge in [0.2, 0.25) is 0 Å². The summed E-state index contributed by atoms with van der Waals surface area (Å²) >= 11 is 0. The number of aryl methyl sites for hydroxylation is 1. The van der Waals surface area contributed by atoms with Gasteiger partial charge in [0.1, 0.15) is 5.69 Å². The highest BCUT2D eigenvalue weighted by molar-refractivity contribution is 5.92. The maximum Gasteiger partial charge on any atom is 0.272 e. The molecule has 2 atom stereocenters. The standard InChI is InChI=1S/C17H24N6O/c1-21-10-15(19-11-21)13-8-22(9-14(13)18)17(24)16-5-6-20-23(16)7-12-3-2-4-12/h5-6,10-14H,2-4,7-9,18H2,1H3/t13-,14-/m1/s1. The Hall–Kier alpha value is -2.15. The molecule has 1 amide bonds. The summed E-state index contributed by atoms with van der Waals surface area (Å²) in [5.74, 6) is 0.789. The van der Waals surface area contributed by atoms with E-state index in [1.807, 2.05) is 33.5 Å². The Morgan fingerprint density at radius 2 is 2.21 bits per heavy atom. The van der Waals surface area contributed by atoms with Gasteiger partial charge < -0.3 is 15.2 Å². The SMILES string of the molecule is Cn1cnc([C@@H]2CN(C(=O)c3ccnn3CC3CCC3)C[C@H]2N)c1. The van der Waals surface area contributed by atoms with Crippen LogP contribution in [0.25, 0.3) is 0 Å². The fourth-order valence-electron chi connectivity index (χ4n) is 3.67. The Morgan fingerprint density at radius 3 is 2.88 bits per heavy atom. The van der Waals surface area contributed by atoms with Gasteiger partial charge >= 0.3 is 0 Å². The summed E-state index contributed by atoms with van der Waals surface area (Å²) in [6.07, 6.45) is 9.26. The van der Waals surface area contributed by atoms with Gasteiger partial charge in [-0.3, -0.25) is 9.48 Å². The molecule has 2 aromatic heterocycles. The third-order valence-corrected chi connectivity index (χ3v) is 5.35. The van der Waals surface area contributed by atoms with E-state index >= 15 is 0 Å². The Labute approximate surface area is 141 Å². The number of nitrogens with two attached hydrogens (primary N) is 1. The summed E-state index contributed by atoms with van der Waals surface area (Å²) in [5.41, 5.74) is 7.92. The van der Waals surface area contributed by atoms with Gasteiger partial charge in [0.05, 0.1) is 12.0 Å². The van der Waals surface area contributed by atoms with Crippen molar-refractivity contribution in [3.05, 3.63) is 36.2 Å². The maximum atomic E-state index is 12.9. The molecule has 3 heterocycles. The molecule has 0 bridgehead atoms. The molecule has 0 unspecified atom stereocenters. The topological polar surface area (TPSA) is 82.0 Å². The molecule has 1 saturated carbocycles. The van der Waals surface area contributed by atoms with Crippen molar-refractivity contribution in [2.24, 2.45) is 18.7 Å². The maximum absolute atomic E-state index is 12.9. The highest BCUT2D eigenvalue weighted by Crippen LogP contribution is 2.29. The van der Waals surface area contributed by atoms with Crippen molar-refractivity contribution in [1.82, 2.24) is 24.2 Å². The Bertz CT molecular complexity index is 731. The van der Waals surface area contributed by atoms with E-state index in [9.17, 15) is 4.79 Å². The van der Waals surface area contributed by atoms with Crippen molar-refractivity contribution >= 4 is 5.91 Å². The fraction of sp³-hybridized carbons (Fsp3) is 0.588. The van der Waals surface area contributed by atoms with Crippen LogP contribution in [0.15, 0.2) is 24.8 Å². The first kappa shape index (κ1) is 15.4. The first-order chi connectivity index (χ1) is 11.6. The molecule has 2 aliphatic rings. The van der Waals surface area contributed by atoms with Gasteiger partial charge in [-0.25, -0.2) is 4.98 Å². The van der Waals surface area contributed by atoms with E-state index < -0.39 is 0 Å². The molecule has 1 aliphatic heterocycles. The van der Waals surface area contributed by atoms with Crippen LogP contribution in [0.4, 0.5) is 0 Å². The molecule has 0 radical (unpaired) electrons. The van der Waals surface area contributed by atoms with Crippen molar-refractivity contribution in [2.45, 2.75) is 37.8 Å². The molecule has 1 aliphatic carbocycles. The number of hydrogen-bond donors (Lipinski definition) is 1. The van der Waals surface area contributed by atoms with E-state index in [0.29, 0.717) is 24.7 Å². The molecular weight excluding hydrogens is 304 g/mol. The predicted molar refractivity (Wildman–Crippen MR) is 89.4 cm³/mol. The summed E-state index contributed by atoms with van der Waals surface area (Å²) < 4.78 is 3.78. The summed E-state index contributed by atoms with van der Waals surface area (Å²) in [4.78, 5) is 19.2. The van der Waals surface area contributed by atoms with Gasteiger partial charge in [-0.15, -0.1) is 0 Å². The number of likely N-dealkylation sites (tertiary alicyclic amines) is 1. The minimum absolute atomic E-state index is 0.0284. The lowest BCUT2D eigenvalue weighted by atomic mass is 9.85. The van der Waals surface area contributed by atoms with Crippen LogP contribution in [0, 0.1) is 5.92 Å². The number of imidazole rings is 1. The Balaban J connectivity index is 1.48. The second kappa shape index (κ2) is 6.05. The van der Waals surface area contributed by atoms with Crippen LogP contribution in [0.2, 0.25) is 0 Å². The van der Waals surface area contributed by atoms with E-state index in [-0.39, 0.29) is 17.9 Å². The van der Waals surface area contributed by atoms with E-state index in [1.165, 1.54) is 19.3 Å². The summed E-state index contributed by atoms with van der Waals surface area (Å²) in [5, 5.41) is 4.35. The van der Waals surface area contributed by atoms with Crippen LogP contribution in [0.3, 0.4) is 0 Å². The molecule has 1 saturated heterocycles. The van der Waals surface area contributed by atoms with Gasteiger partial charge in [-0.1, -0.05) is 6.42 Å². The Morgan fingerprint density at radius 1 is 1.38 bits per heavy atom. The number of nitrogens with zero attached hydrogens (tertiary/aromatic N) is 5. The van der Waals surface area contributed by atoms with Gasteiger partial charge in [0.15, 0.2) is 0 Å². The molecule has 0 spiro atoms. The van der Waals surface area contributed by atoms with Crippen LogP contribution in [0.1, 0.15) is 41.4 Å². The molecule has 24 heavy (non-hydrogen) atoms. The van der Waals surface area contributed by atoms with Crippen LogP contribution in [-0.2, 0) is 13.6 Å². The number of carbonyl (C=O) groups excluding carboxylic acids is 1. The molecule has 2 fully saturated rings. The molecule has 0 aromatic carbocycles.